The van der Waals surface area contributed by atoms with Crippen molar-refractivity contribution in [1.29, 1.82) is 0 Å². The summed E-state index contributed by atoms with van der Waals surface area (Å²) in [6, 6.07) is 1.56. The van der Waals surface area contributed by atoms with Gasteiger partial charge in [0.25, 0.3) is 5.88 Å². The van der Waals surface area contributed by atoms with E-state index < -0.39 is 12.6 Å². The third-order valence-corrected chi connectivity index (χ3v) is 1.59. The van der Waals surface area contributed by atoms with Crippen LogP contribution in [0, 0.1) is 0 Å². The van der Waals surface area contributed by atoms with Crippen LogP contribution in [0.3, 0.4) is 0 Å². The summed E-state index contributed by atoms with van der Waals surface area (Å²) in [7, 11) is 2.86. The standard InChI is InChI=1S/C9H11NO5/c1-13-6-3-4-10-9(14-2)8(6)15-5-7(11)12/h3-4H,5H2,1-2H3,(H,11,12). The normalized spacial score (nSPS) is 9.47. The molecule has 0 radical (unpaired) electrons. The molecule has 0 fully saturated rings. The molecule has 6 heteroatoms. The molecule has 1 rings (SSSR count). The summed E-state index contributed by atoms with van der Waals surface area (Å²) in [5, 5.41) is 8.47. The van der Waals surface area contributed by atoms with Crippen LogP contribution in [0.5, 0.6) is 17.4 Å². The van der Waals surface area contributed by atoms with Crippen LogP contribution in [0.2, 0.25) is 0 Å². The molecule has 0 amide bonds. The van der Waals surface area contributed by atoms with E-state index in [0.717, 1.165) is 0 Å². The van der Waals surface area contributed by atoms with E-state index in [-0.39, 0.29) is 11.6 Å². The van der Waals surface area contributed by atoms with Crippen LogP contribution in [-0.2, 0) is 4.79 Å². The van der Waals surface area contributed by atoms with E-state index in [1.807, 2.05) is 0 Å². The molecule has 1 N–H and O–H groups in total. The van der Waals surface area contributed by atoms with Crippen molar-refractivity contribution in [3.63, 3.8) is 0 Å². The van der Waals surface area contributed by atoms with Crippen LogP contribution >= 0.6 is 0 Å². The van der Waals surface area contributed by atoms with Crippen LogP contribution in [-0.4, -0.2) is 36.9 Å². The zero-order valence-corrected chi connectivity index (χ0v) is 8.39. The molecule has 0 aromatic carbocycles. The van der Waals surface area contributed by atoms with Gasteiger partial charge in [-0.15, -0.1) is 0 Å². The highest BCUT2D eigenvalue weighted by Crippen LogP contribution is 2.34. The predicted octanol–water partition coefficient (Wildman–Crippen LogP) is 0.562. The minimum atomic E-state index is -1.08. The van der Waals surface area contributed by atoms with Gasteiger partial charge in [0.05, 0.1) is 14.2 Å². The number of hydrogen-bond acceptors (Lipinski definition) is 5. The number of ether oxygens (including phenoxy) is 3. The van der Waals surface area contributed by atoms with Gasteiger partial charge in [0.1, 0.15) is 0 Å². The molecule has 1 aromatic rings. The van der Waals surface area contributed by atoms with Gasteiger partial charge < -0.3 is 19.3 Å². The minimum absolute atomic E-state index is 0.185. The van der Waals surface area contributed by atoms with Gasteiger partial charge in [-0.2, -0.15) is 0 Å². The summed E-state index contributed by atoms with van der Waals surface area (Å²) in [4.78, 5) is 14.2. The van der Waals surface area contributed by atoms with Crippen LogP contribution in [0.15, 0.2) is 12.3 Å². The van der Waals surface area contributed by atoms with Crippen molar-refractivity contribution < 1.29 is 24.1 Å². The van der Waals surface area contributed by atoms with Gasteiger partial charge >= 0.3 is 5.97 Å². The van der Waals surface area contributed by atoms with E-state index >= 15 is 0 Å². The lowest BCUT2D eigenvalue weighted by atomic mass is 10.4. The molecule has 6 nitrogen and oxygen atoms in total. The molecule has 0 aliphatic carbocycles. The molecule has 1 heterocycles. The van der Waals surface area contributed by atoms with E-state index in [4.69, 9.17) is 19.3 Å². The highest BCUT2D eigenvalue weighted by atomic mass is 16.5. The van der Waals surface area contributed by atoms with Crippen LogP contribution in [0.25, 0.3) is 0 Å². The molecule has 0 bridgehead atoms. The summed E-state index contributed by atoms with van der Waals surface area (Å²) in [5.41, 5.74) is 0. The second kappa shape index (κ2) is 5.04. The van der Waals surface area contributed by atoms with Gasteiger partial charge in [-0.05, 0) is 0 Å². The van der Waals surface area contributed by atoms with Gasteiger partial charge in [-0.3, -0.25) is 0 Å². The molecule has 0 saturated carbocycles. The maximum atomic E-state index is 10.3. The zero-order valence-electron chi connectivity index (χ0n) is 8.39. The Morgan fingerprint density at radius 3 is 2.73 bits per heavy atom. The first kappa shape index (κ1) is 11.1. The molecule has 0 spiro atoms. The summed E-state index contributed by atoms with van der Waals surface area (Å²) in [6.07, 6.45) is 1.48. The largest absolute Gasteiger partial charge is 0.493 e. The van der Waals surface area contributed by atoms with E-state index in [1.165, 1.54) is 20.4 Å². The smallest absolute Gasteiger partial charge is 0.341 e. The van der Waals surface area contributed by atoms with Gasteiger partial charge in [0, 0.05) is 12.3 Å². The Morgan fingerprint density at radius 1 is 1.47 bits per heavy atom. The maximum absolute atomic E-state index is 10.3. The third-order valence-electron chi connectivity index (χ3n) is 1.59. The van der Waals surface area contributed by atoms with Crippen molar-refractivity contribution in [2.45, 2.75) is 0 Å². The zero-order chi connectivity index (χ0) is 11.3. The Balaban J connectivity index is 2.94. The number of carboxylic acids is 1. The fraction of sp³-hybridized carbons (Fsp3) is 0.333. The topological polar surface area (TPSA) is 77.9 Å². The van der Waals surface area contributed by atoms with Gasteiger partial charge in [0.15, 0.2) is 12.4 Å². The number of pyridine rings is 1. The van der Waals surface area contributed by atoms with Crippen molar-refractivity contribution in [1.82, 2.24) is 4.98 Å². The van der Waals surface area contributed by atoms with Gasteiger partial charge in [-0.25, -0.2) is 9.78 Å². The number of hydrogen-bond donors (Lipinski definition) is 1. The Labute approximate surface area is 86.4 Å². The van der Waals surface area contributed by atoms with Crippen molar-refractivity contribution in [3.05, 3.63) is 12.3 Å². The summed E-state index contributed by atoms with van der Waals surface area (Å²) in [5.74, 6) is -0.327. The number of rotatable bonds is 5. The number of methoxy groups -OCH3 is 2. The van der Waals surface area contributed by atoms with Gasteiger partial charge in [0.2, 0.25) is 5.75 Å². The second-order valence-corrected chi connectivity index (χ2v) is 2.53. The number of aliphatic carboxylic acids is 1. The fourth-order valence-corrected chi connectivity index (χ4v) is 0.985. The Hall–Kier alpha value is -1.98. The quantitative estimate of drug-likeness (QED) is 0.770. The number of carbonyl (C=O) groups is 1. The highest BCUT2D eigenvalue weighted by molar-refractivity contribution is 5.68. The SMILES string of the molecule is COc1ccnc(OC)c1OCC(=O)O. The number of carboxylic acid groups (broad SMARTS) is 1. The average Bonchev–Trinajstić information content (AvgIpc) is 2.25. The molecule has 0 aliphatic heterocycles. The van der Waals surface area contributed by atoms with Crippen LogP contribution < -0.4 is 14.2 Å². The first-order valence-electron chi connectivity index (χ1n) is 4.10. The monoisotopic (exact) mass is 213 g/mol. The minimum Gasteiger partial charge on any atom is -0.493 e. The molecule has 0 unspecified atom stereocenters. The highest BCUT2D eigenvalue weighted by Gasteiger charge is 2.13. The Morgan fingerprint density at radius 2 is 2.20 bits per heavy atom. The van der Waals surface area contributed by atoms with Crippen molar-refractivity contribution >= 4 is 5.97 Å². The van der Waals surface area contributed by atoms with E-state index in [9.17, 15) is 4.79 Å². The van der Waals surface area contributed by atoms with Crippen molar-refractivity contribution in [3.8, 4) is 17.4 Å². The first-order valence-corrected chi connectivity index (χ1v) is 4.10. The maximum Gasteiger partial charge on any atom is 0.341 e. The molecule has 0 atom stereocenters. The first-order chi connectivity index (χ1) is 7.19. The van der Waals surface area contributed by atoms with Crippen molar-refractivity contribution in [2.75, 3.05) is 20.8 Å². The molecule has 1 aromatic heterocycles. The summed E-state index contributed by atoms with van der Waals surface area (Å²) < 4.78 is 14.9. The van der Waals surface area contributed by atoms with E-state index in [2.05, 4.69) is 4.98 Å². The van der Waals surface area contributed by atoms with Crippen LogP contribution in [0.4, 0.5) is 0 Å². The summed E-state index contributed by atoms with van der Waals surface area (Å²) >= 11 is 0. The fourth-order valence-electron chi connectivity index (χ4n) is 0.985. The molecule has 15 heavy (non-hydrogen) atoms. The lowest BCUT2D eigenvalue weighted by molar-refractivity contribution is -0.139. The number of aromatic nitrogens is 1. The predicted molar refractivity (Wildman–Crippen MR) is 50.5 cm³/mol. The molecule has 0 aliphatic rings. The van der Waals surface area contributed by atoms with Crippen molar-refractivity contribution in [2.24, 2.45) is 0 Å². The molecule has 0 saturated heterocycles. The molecule has 82 valence electrons. The van der Waals surface area contributed by atoms with E-state index in [0.29, 0.717) is 5.75 Å². The van der Waals surface area contributed by atoms with Gasteiger partial charge in [-0.1, -0.05) is 0 Å². The summed E-state index contributed by atoms with van der Waals surface area (Å²) in [6.45, 7) is -0.474. The second-order valence-electron chi connectivity index (χ2n) is 2.53. The molecular weight excluding hydrogens is 202 g/mol. The number of nitrogens with zero attached hydrogens (tertiary/aromatic N) is 1. The lowest BCUT2D eigenvalue weighted by Crippen LogP contribution is -2.11. The third kappa shape index (κ3) is 2.73. The van der Waals surface area contributed by atoms with Crippen LogP contribution in [0.1, 0.15) is 0 Å². The Bertz CT molecular complexity index is 330. The Kier molecular flexibility index (Phi) is 3.73. The molecular formula is C9H11NO5. The average molecular weight is 213 g/mol. The van der Waals surface area contributed by atoms with E-state index in [1.54, 1.807) is 6.07 Å². The lowest BCUT2D eigenvalue weighted by Gasteiger charge is -2.11.